The number of hydrogen-bond donors (Lipinski definition) is 1. The smallest absolute Gasteiger partial charge is 0.252 e. The largest absolute Gasteiger partial charge is 0.391 e. The van der Waals surface area contributed by atoms with Gasteiger partial charge in [0.15, 0.2) is 0 Å². The fraction of sp³-hybridized carbons (Fsp3) is 0.667. The molecule has 1 aromatic heterocycles. The Bertz CT molecular complexity index is 706. The number of halogens is 1. The first kappa shape index (κ1) is 18.3. The molecule has 0 spiro atoms. The molecule has 0 saturated carbocycles. The Morgan fingerprint density at radius 2 is 1.96 bits per heavy atom. The predicted molar refractivity (Wildman–Crippen MR) is 95.3 cm³/mol. The minimum atomic E-state index is -3.55. The summed E-state index contributed by atoms with van der Waals surface area (Å²) < 4.78 is 28.0. The molecule has 1 aromatic rings. The summed E-state index contributed by atoms with van der Waals surface area (Å²) in [7, 11) is -3.55. The van der Waals surface area contributed by atoms with Crippen LogP contribution in [0.5, 0.6) is 0 Å². The number of nitrogens with zero attached hydrogens (tertiary/aromatic N) is 2. The molecule has 0 aromatic carbocycles. The highest BCUT2D eigenvalue weighted by Crippen LogP contribution is 2.31. The third-order valence-electron chi connectivity index (χ3n) is 4.58. The minimum absolute atomic E-state index is 0.0268. The van der Waals surface area contributed by atoms with Crippen LogP contribution in [0.4, 0.5) is 0 Å². The van der Waals surface area contributed by atoms with E-state index in [0.717, 1.165) is 16.6 Å². The van der Waals surface area contributed by atoms with Crippen molar-refractivity contribution in [2.24, 2.45) is 5.92 Å². The van der Waals surface area contributed by atoms with Gasteiger partial charge in [-0.05, 0) is 53.7 Å². The number of amides is 1. The van der Waals surface area contributed by atoms with Crippen LogP contribution in [0, 0.1) is 5.92 Å². The van der Waals surface area contributed by atoms with E-state index in [9.17, 15) is 18.3 Å². The van der Waals surface area contributed by atoms with Crippen LogP contribution in [0.25, 0.3) is 0 Å². The first-order valence-corrected chi connectivity index (χ1v) is 11.2. The summed E-state index contributed by atoms with van der Waals surface area (Å²) in [6.45, 7) is 1.69. The maximum absolute atomic E-state index is 12.7. The van der Waals surface area contributed by atoms with Gasteiger partial charge in [0.05, 0.1) is 15.8 Å². The zero-order valence-electron chi connectivity index (χ0n) is 13.2. The second-order valence-corrected chi connectivity index (χ2v) is 11.0. The van der Waals surface area contributed by atoms with Crippen LogP contribution in [0.2, 0.25) is 0 Å². The number of rotatable bonds is 3. The van der Waals surface area contributed by atoms with E-state index in [-0.39, 0.29) is 18.4 Å². The fourth-order valence-electron chi connectivity index (χ4n) is 3.34. The van der Waals surface area contributed by atoms with E-state index < -0.39 is 16.1 Å². The summed E-state index contributed by atoms with van der Waals surface area (Å²) in [5, 5.41) is 9.76. The zero-order chi connectivity index (χ0) is 17.3. The number of β-amino-alcohol motifs (C(OH)–C–C–N with tert-alkyl or cyclic N) is 1. The monoisotopic (exact) mass is 436 g/mol. The van der Waals surface area contributed by atoms with Gasteiger partial charge in [-0.1, -0.05) is 0 Å². The van der Waals surface area contributed by atoms with Gasteiger partial charge in [-0.25, -0.2) is 8.42 Å². The van der Waals surface area contributed by atoms with Gasteiger partial charge in [0.2, 0.25) is 5.91 Å². The molecule has 134 valence electrons. The lowest BCUT2D eigenvalue weighted by Gasteiger charge is -2.36. The summed E-state index contributed by atoms with van der Waals surface area (Å²) >= 11 is 4.48. The third kappa shape index (κ3) is 3.85. The molecule has 6 nitrogen and oxygen atoms in total. The molecule has 3 heterocycles. The van der Waals surface area contributed by atoms with Crippen molar-refractivity contribution in [1.29, 1.82) is 0 Å². The number of piperidine rings is 2. The second kappa shape index (κ2) is 7.41. The summed E-state index contributed by atoms with van der Waals surface area (Å²) in [5.74, 6) is -0.344. The van der Waals surface area contributed by atoms with Crippen molar-refractivity contribution in [2.75, 3.05) is 26.2 Å². The average Bonchev–Trinajstić information content (AvgIpc) is 3.01. The molecule has 1 N–H and O–H groups in total. The Labute approximate surface area is 154 Å². The molecule has 1 amide bonds. The van der Waals surface area contributed by atoms with Crippen molar-refractivity contribution >= 4 is 43.2 Å². The van der Waals surface area contributed by atoms with E-state index in [1.54, 1.807) is 17.0 Å². The molecule has 0 bridgehead atoms. The van der Waals surface area contributed by atoms with Gasteiger partial charge in [0.1, 0.15) is 4.21 Å². The zero-order valence-corrected chi connectivity index (χ0v) is 16.4. The van der Waals surface area contributed by atoms with Gasteiger partial charge in [0, 0.05) is 26.2 Å². The van der Waals surface area contributed by atoms with Gasteiger partial charge >= 0.3 is 0 Å². The van der Waals surface area contributed by atoms with Crippen LogP contribution in [0.3, 0.4) is 0 Å². The molecule has 2 aliphatic heterocycles. The van der Waals surface area contributed by atoms with Crippen molar-refractivity contribution in [2.45, 2.75) is 36.0 Å². The number of likely N-dealkylation sites (tertiary alicyclic amines) is 1. The van der Waals surface area contributed by atoms with Gasteiger partial charge in [-0.2, -0.15) is 4.31 Å². The molecule has 24 heavy (non-hydrogen) atoms. The molecule has 9 heteroatoms. The third-order valence-corrected chi connectivity index (χ3v) is 8.54. The number of aliphatic hydroxyl groups is 1. The molecule has 3 rings (SSSR count). The molecule has 0 radical (unpaired) electrons. The van der Waals surface area contributed by atoms with E-state index in [0.29, 0.717) is 36.7 Å². The van der Waals surface area contributed by atoms with Gasteiger partial charge in [-0.3, -0.25) is 4.79 Å². The Balaban J connectivity index is 1.71. The van der Waals surface area contributed by atoms with Crippen LogP contribution in [-0.4, -0.2) is 60.9 Å². The van der Waals surface area contributed by atoms with E-state index in [2.05, 4.69) is 15.9 Å². The highest BCUT2D eigenvalue weighted by molar-refractivity contribution is 9.11. The minimum Gasteiger partial charge on any atom is -0.391 e. The quantitative estimate of drug-likeness (QED) is 0.784. The normalized spacial score (nSPS) is 26.5. The molecule has 2 unspecified atom stereocenters. The number of carbonyl (C=O) groups is 1. The molecule has 2 saturated heterocycles. The summed E-state index contributed by atoms with van der Waals surface area (Å²) in [5.41, 5.74) is 0. The standard InChI is InChI=1S/C15H21BrN2O4S2/c16-13-5-6-14(23-13)24(21,22)18-8-1-3-11(9-18)15(20)17-7-2-4-12(19)10-17/h5-6,11-12,19H,1-4,7-10H2. The first-order chi connectivity index (χ1) is 11.4. The number of sulfonamides is 1. The van der Waals surface area contributed by atoms with E-state index in [1.165, 1.54) is 15.6 Å². The van der Waals surface area contributed by atoms with Gasteiger partial charge < -0.3 is 10.0 Å². The van der Waals surface area contributed by atoms with E-state index >= 15 is 0 Å². The summed E-state index contributed by atoms with van der Waals surface area (Å²) in [6.07, 6.45) is 2.44. The van der Waals surface area contributed by atoms with Crippen molar-refractivity contribution in [1.82, 2.24) is 9.21 Å². The molecule has 2 fully saturated rings. The van der Waals surface area contributed by atoms with Crippen LogP contribution >= 0.6 is 27.3 Å². The van der Waals surface area contributed by atoms with E-state index in [1.807, 2.05) is 0 Å². The van der Waals surface area contributed by atoms with Crippen LogP contribution < -0.4 is 0 Å². The highest BCUT2D eigenvalue weighted by atomic mass is 79.9. The molecular weight excluding hydrogens is 416 g/mol. The first-order valence-electron chi connectivity index (χ1n) is 8.10. The topological polar surface area (TPSA) is 77.9 Å². The van der Waals surface area contributed by atoms with Crippen LogP contribution in [0.1, 0.15) is 25.7 Å². The summed E-state index contributed by atoms with van der Waals surface area (Å²) in [4.78, 5) is 14.4. The highest BCUT2D eigenvalue weighted by Gasteiger charge is 2.36. The molecule has 0 aliphatic carbocycles. The van der Waals surface area contributed by atoms with Gasteiger partial charge in [-0.15, -0.1) is 11.3 Å². The molecule has 2 atom stereocenters. The number of hydrogen-bond acceptors (Lipinski definition) is 5. The maximum Gasteiger partial charge on any atom is 0.252 e. The Hall–Kier alpha value is -0.480. The average molecular weight is 437 g/mol. The Morgan fingerprint density at radius 1 is 1.21 bits per heavy atom. The van der Waals surface area contributed by atoms with E-state index in [4.69, 9.17) is 0 Å². The second-order valence-electron chi connectivity index (χ2n) is 6.34. The van der Waals surface area contributed by atoms with Gasteiger partial charge in [0.25, 0.3) is 10.0 Å². The van der Waals surface area contributed by atoms with Crippen molar-refractivity contribution < 1.29 is 18.3 Å². The fourth-order valence-corrected chi connectivity index (χ4v) is 7.03. The predicted octanol–water partition coefficient (Wildman–Crippen LogP) is 1.89. The Kier molecular flexibility index (Phi) is 5.65. The van der Waals surface area contributed by atoms with Crippen molar-refractivity contribution in [3.8, 4) is 0 Å². The Morgan fingerprint density at radius 3 is 2.62 bits per heavy atom. The lowest BCUT2D eigenvalue weighted by Crippen LogP contribution is -2.49. The van der Waals surface area contributed by atoms with Crippen molar-refractivity contribution in [3.05, 3.63) is 15.9 Å². The number of aliphatic hydroxyl groups excluding tert-OH is 1. The molecular formula is C15H21BrN2O4S2. The maximum atomic E-state index is 12.7. The van der Waals surface area contributed by atoms with Crippen LogP contribution in [0.15, 0.2) is 20.1 Å². The van der Waals surface area contributed by atoms with Crippen molar-refractivity contribution in [3.63, 3.8) is 0 Å². The lowest BCUT2D eigenvalue weighted by atomic mass is 9.96. The SMILES string of the molecule is O=C(C1CCCN(S(=O)(=O)c2ccc(Br)s2)C1)N1CCCC(O)C1. The number of carbonyl (C=O) groups excluding carboxylic acids is 1. The summed E-state index contributed by atoms with van der Waals surface area (Å²) in [6, 6.07) is 3.32. The number of thiophene rings is 1. The molecule has 2 aliphatic rings. The van der Waals surface area contributed by atoms with Crippen LogP contribution in [-0.2, 0) is 14.8 Å². The lowest BCUT2D eigenvalue weighted by molar-refractivity contribution is -0.139.